The first-order valence-corrected chi connectivity index (χ1v) is 9.49. The molecule has 0 unspecified atom stereocenters. The average Bonchev–Trinajstić information content (AvgIpc) is 3.23. The maximum absolute atomic E-state index is 12.7. The van der Waals surface area contributed by atoms with Gasteiger partial charge in [0.2, 0.25) is 0 Å². The van der Waals surface area contributed by atoms with Crippen LogP contribution < -0.4 is 5.32 Å². The molecule has 134 valence electrons. The lowest BCUT2D eigenvalue weighted by Crippen LogP contribution is -2.50. The minimum atomic E-state index is -0.00151. The van der Waals surface area contributed by atoms with Gasteiger partial charge in [-0.25, -0.2) is 4.79 Å². The fraction of sp³-hybridized carbons (Fsp3) is 0.632. The largest absolute Gasteiger partial charge is 0.336 e. The lowest BCUT2D eigenvalue weighted by Gasteiger charge is -2.37. The molecule has 2 aliphatic heterocycles. The summed E-state index contributed by atoms with van der Waals surface area (Å²) in [6.45, 7) is 2.14. The zero-order valence-corrected chi connectivity index (χ0v) is 14.6. The van der Waals surface area contributed by atoms with Crippen molar-refractivity contribution in [3.05, 3.63) is 30.1 Å². The van der Waals surface area contributed by atoms with Gasteiger partial charge in [0.05, 0.1) is 5.56 Å². The molecule has 3 fully saturated rings. The van der Waals surface area contributed by atoms with Crippen molar-refractivity contribution < 1.29 is 9.59 Å². The SMILES string of the molecule is O=C(c1cccnc1)N1CC[C@H](NC(=O)N2CCC[C@@H]2C2CCC2)C1. The summed E-state index contributed by atoms with van der Waals surface area (Å²) in [6, 6.07) is 4.11. The van der Waals surface area contributed by atoms with E-state index in [0.29, 0.717) is 30.6 Å². The number of carbonyl (C=O) groups is 2. The van der Waals surface area contributed by atoms with Gasteiger partial charge in [-0.3, -0.25) is 9.78 Å². The van der Waals surface area contributed by atoms with Gasteiger partial charge in [-0.2, -0.15) is 0 Å². The summed E-state index contributed by atoms with van der Waals surface area (Å²) in [7, 11) is 0. The summed E-state index contributed by atoms with van der Waals surface area (Å²) in [5.41, 5.74) is 0.610. The highest BCUT2D eigenvalue weighted by Crippen LogP contribution is 2.37. The summed E-state index contributed by atoms with van der Waals surface area (Å²) in [5.74, 6) is 0.707. The van der Waals surface area contributed by atoms with Crippen LogP contribution in [0.5, 0.6) is 0 Å². The van der Waals surface area contributed by atoms with E-state index in [1.807, 2.05) is 4.90 Å². The molecular formula is C19H26N4O2. The van der Waals surface area contributed by atoms with Gasteiger partial charge in [0, 0.05) is 44.1 Å². The third-order valence-corrected chi connectivity index (χ3v) is 5.97. The maximum atomic E-state index is 12.7. The van der Waals surface area contributed by atoms with Gasteiger partial charge < -0.3 is 15.1 Å². The highest BCUT2D eigenvalue weighted by Gasteiger charge is 2.38. The molecule has 1 aromatic heterocycles. The van der Waals surface area contributed by atoms with Gasteiger partial charge in [-0.15, -0.1) is 0 Å². The van der Waals surface area contributed by atoms with Crippen LogP contribution in [-0.2, 0) is 0 Å². The minimum absolute atomic E-state index is 0.00151. The van der Waals surface area contributed by atoms with E-state index in [1.54, 1.807) is 24.5 Å². The number of rotatable bonds is 3. The Balaban J connectivity index is 1.31. The molecule has 3 aliphatic rings. The lowest BCUT2D eigenvalue weighted by molar-refractivity contribution is 0.0788. The van der Waals surface area contributed by atoms with E-state index in [1.165, 1.54) is 19.3 Å². The third kappa shape index (κ3) is 3.34. The number of aromatic nitrogens is 1. The summed E-state index contributed by atoms with van der Waals surface area (Å²) in [4.78, 5) is 33.1. The number of hydrogen-bond acceptors (Lipinski definition) is 3. The van der Waals surface area contributed by atoms with Crippen LogP contribution >= 0.6 is 0 Å². The van der Waals surface area contributed by atoms with Gasteiger partial charge in [-0.1, -0.05) is 6.42 Å². The van der Waals surface area contributed by atoms with Crippen molar-refractivity contribution in [3.8, 4) is 0 Å². The van der Waals surface area contributed by atoms with Gasteiger partial charge >= 0.3 is 6.03 Å². The third-order valence-electron chi connectivity index (χ3n) is 5.97. The van der Waals surface area contributed by atoms with Crippen LogP contribution in [0.4, 0.5) is 4.79 Å². The predicted molar refractivity (Wildman–Crippen MR) is 94.1 cm³/mol. The Hall–Kier alpha value is -2.11. The van der Waals surface area contributed by atoms with E-state index in [-0.39, 0.29) is 18.0 Å². The Labute approximate surface area is 148 Å². The maximum Gasteiger partial charge on any atom is 0.317 e. The number of nitrogens with zero attached hydrogens (tertiary/aromatic N) is 3. The molecule has 0 bridgehead atoms. The Morgan fingerprint density at radius 1 is 1.12 bits per heavy atom. The van der Waals surface area contributed by atoms with E-state index in [4.69, 9.17) is 0 Å². The van der Waals surface area contributed by atoms with E-state index in [0.717, 1.165) is 25.8 Å². The van der Waals surface area contributed by atoms with Crippen molar-refractivity contribution in [3.63, 3.8) is 0 Å². The molecule has 0 aromatic carbocycles. The Bertz CT molecular complexity index is 632. The number of hydrogen-bond donors (Lipinski definition) is 1. The van der Waals surface area contributed by atoms with Crippen molar-refractivity contribution in [2.45, 2.75) is 50.6 Å². The van der Waals surface area contributed by atoms with Crippen LogP contribution in [0.3, 0.4) is 0 Å². The summed E-state index contributed by atoms with van der Waals surface area (Å²) < 4.78 is 0. The normalized spacial score (nSPS) is 26.6. The molecule has 6 nitrogen and oxygen atoms in total. The number of likely N-dealkylation sites (tertiary alicyclic amines) is 2. The van der Waals surface area contributed by atoms with Crippen LogP contribution in [0.15, 0.2) is 24.5 Å². The van der Waals surface area contributed by atoms with Gasteiger partial charge in [0.25, 0.3) is 5.91 Å². The molecule has 1 N–H and O–H groups in total. The van der Waals surface area contributed by atoms with Crippen molar-refractivity contribution in [2.75, 3.05) is 19.6 Å². The second-order valence-electron chi connectivity index (χ2n) is 7.52. The molecule has 4 rings (SSSR count). The molecular weight excluding hydrogens is 316 g/mol. The molecule has 1 saturated carbocycles. The molecule has 2 saturated heterocycles. The standard InChI is InChI=1S/C19H26N4O2/c24-18(15-6-2-9-20-12-15)22-11-8-16(13-22)21-19(25)23-10-3-7-17(23)14-4-1-5-14/h2,6,9,12,14,16-17H,1,3-5,7-8,10-11,13H2,(H,21,25)/t16-,17+/m0/s1. The molecule has 0 radical (unpaired) electrons. The van der Waals surface area contributed by atoms with E-state index in [2.05, 4.69) is 15.2 Å². The van der Waals surface area contributed by atoms with E-state index < -0.39 is 0 Å². The summed E-state index contributed by atoms with van der Waals surface area (Å²) in [5, 5.41) is 3.17. The van der Waals surface area contributed by atoms with Crippen molar-refractivity contribution in [1.29, 1.82) is 0 Å². The Morgan fingerprint density at radius 3 is 2.72 bits per heavy atom. The molecule has 3 amide bonds. The van der Waals surface area contributed by atoms with Crippen LogP contribution in [0.1, 0.15) is 48.9 Å². The number of amides is 3. The van der Waals surface area contributed by atoms with Gasteiger partial charge in [0.1, 0.15) is 0 Å². The second-order valence-corrected chi connectivity index (χ2v) is 7.52. The zero-order chi connectivity index (χ0) is 17.2. The highest BCUT2D eigenvalue weighted by atomic mass is 16.2. The first-order chi connectivity index (χ1) is 12.2. The topological polar surface area (TPSA) is 65.5 Å². The van der Waals surface area contributed by atoms with Crippen LogP contribution in [0.2, 0.25) is 0 Å². The highest BCUT2D eigenvalue weighted by molar-refractivity contribution is 5.94. The zero-order valence-electron chi connectivity index (χ0n) is 14.6. The first kappa shape index (κ1) is 16.4. The quantitative estimate of drug-likeness (QED) is 0.916. The molecule has 25 heavy (non-hydrogen) atoms. The molecule has 1 aliphatic carbocycles. The molecule has 3 heterocycles. The molecule has 6 heteroatoms. The van der Waals surface area contributed by atoms with Crippen molar-refractivity contribution in [2.24, 2.45) is 5.92 Å². The van der Waals surface area contributed by atoms with E-state index >= 15 is 0 Å². The fourth-order valence-electron chi connectivity index (χ4n) is 4.35. The van der Waals surface area contributed by atoms with E-state index in [9.17, 15) is 9.59 Å². The fourth-order valence-corrected chi connectivity index (χ4v) is 4.35. The van der Waals surface area contributed by atoms with Gasteiger partial charge in [-0.05, 0) is 50.2 Å². The average molecular weight is 342 g/mol. The number of carbonyl (C=O) groups excluding carboxylic acids is 2. The summed E-state index contributed by atoms with van der Waals surface area (Å²) >= 11 is 0. The van der Waals surface area contributed by atoms with Crippen molar-refractivity contribution >= 4 is 11.9 Å². The van der Waals surface area contributed by atoms with Gasteiger partial charge in [0.15, 0.2) is 0 Å². The Kier molecular flexibility index (Phi) is 4.59. The van der Waals surface area contributed by atoms with Crippen molar-refractivity contribution in [1.82, 2.24) is 20.1 Å². The smallest absolute Gasteiger partial charge is 0.317 e. The first-order valence-electron chi connectivity index (χ1n) is 9.49. The number of pyridine rings is 1. The van der Waals surface area contributed by atoms with Crippen LogP contribution in [0.25, 0.3) is 0 Å². The predicted octanol–water partition coefficient (Wildman–Crippen LogP) is 2.27. The lowest BCUT2D eigenvalue weighted by atomic mass is 9.79. The Morgan fingerprint density at radius 2 is 2.00 bits per heavy atom. The summed E-state index contributed by atoms with van der Waals surface area (Å²) in [6.07, 6.45) is 10.2. The van der Waals surface area contributed by atoms with Crippen LogP contribution in [-0.4, -0.2) is 58.4 Å². The molecule has 1 aromatic rings. The number of urea groups is 1. The second kappa shape index (κ2) is 7.02. The van der Waals surface area contributed by atoms with Crippen LogP contribution in [0, 0.1) is 5.92 Å². The monoisotopic (exact) mass is 342 g/mol. The molecule has 2 atom stereocenters. The molecule has 0 spiro atoms. The minimum Gasteiger partial charge on any atom is -0.336 e. The number of nitrogens with one attached hydrogen (secondary N) is 1.